The molecule has 2 aromatic carbocycles. The summed E-state index contributed by atoms with van der Waals surface area (Å²) in [4.78, 5) is 26.1. The third kappa shape index (κ3) is 2.98. The molecule has 0 unspecified atom stereocenters. The molecule has 1 aliphatic heterocycles. The standard InChI is InChI=1S/C20H16N4O4/c21-12-14-13-23(19-4-2-1-3-16(14)19)20(25)17-11-15(24(26)27)5-6-18(17)22-7-9-28-10-8-22/h1-6,11,13H,7-10H2. The first-order valence-corrected chi connectivity index (χ1v) is 8.76. The minimum atomic E-state index is -0.519. The molecule has 1 aliphatic rings. The van der Waals surface area contributed by atoms with E-state index in [-0.39, 0.29) is 11.3 Å². The number of carbonyl (C=O) groups is 1. The molecule has 1 aromatic heterocycles. The van der Waals surface area contributed by atoms with E-state index in [1.807, 2.05) is 4.90 Å². The van der Waals surface area contributed by atoms with Gasteiger partial charge < -0.3 is 9.64 Å². The fourth-order valence-electron chi connectivity index (χ4n) is 3.46. The van der Waals surface area contributed by atoms with Gasteiger partial charge in [-0.1, -0.05) is 18.2 Å². The van der Waals surface area contributed by atoms with Gasteiger partial charge in [0.2, 0.25) is 0 Å². The zero-order valence-electron chi connectivity index (χ0n) is 14.9. The van der Waals surface area contributed by atoms with E-state index < -0.39 is 10.8 Å². The van der Waals surface area contributed by atoms with E-state index in [1.54, 1.807) is 30.3 Å². The number of fused-ring (bicyclic) bond motifs is 1. The highest BCUT2D eigenvalue weighted by molar-refractivity contribution is 6.07. The smallest absolute Gasteiger partial charge is 0.270 e. The van der Waals surface area contributed by atoms with Crippen molar-refractivity contribution in [2.45, 2.75) is 0 Å². The summed E-state index contributed by atoms with van der Waals surface area (Å²) >= 11 is 0. The number of hydrogen-bond donors (Lipinski definition) is 0. The largest absolute Gasteiger partial charge is 0.378 e. The average molecular weight is 376 g/mol. The molecule has 1 fully saturated rings. The summed E-state index contributed by atoms with van der Waals surface area (Å²) in [6.07, 6.45) is 1.48. The summed E-state index contributed by atoms with van der Waals surface area (Å²) in [5.41, 5.74) is 1.65. The van der Waals surface area contributed by atoms with Crippen LogP contribution in [-0.4, -0.2) is 41.7 Å². The molecule has 0 saturated carbocycles. The summed E-state index contributed by atoms with van der Waals surface area (Å²) in [7, 11) is 0. The highest BCUT2D eigenvalue weighted by atomic mass is 16.6. The van der Waals surface area contributed by atoms with Crippen molar-refractivity contribution >= 4 is 28.2 Å². The number of rotatable bonds is 3. The Hall–Kier alpha value is -3.70. The zero-order valence-corrected chi connectivity index (χ0v) is 14.9. The first-order valence-electron chi connectivity index (χ1n) is 8.76. The molecule has 0 amide bonds. The average Bonchev–Trinajstić information content (AvgIpc) is 3.12. The number of non-ortho nitro benzene ring substituents is 1. The Bertz CT molecular complexity index is 1120. The molecule has 0 radical (unpaired) electrons. The molecule has 8 nitrogen and oxygen atoms in total. The first-order chi connectivity index (χ1) is 13.6. The van der Waals surface area contributed by atoms with Crippen LogP contribution in [0.1, 0.15) is 15.9 Å². The molecule has 0 spiro atoms. The number of hydrogen-bond acceptors (Lipinski definition) is 6. The third-order valence-electron chi connectivity index (χ3n) is 4.82. The Morgan fingerprint density at radius 1 is 1.18 bits per heavy atom. The number of nitrogens with zero attached hydrogens (tertiary/aromatic N) is 4. The lowest BCUT2D eigenvalue weighted by atomic mass is 10.1. The molecule has 0 aliphatic carbocycles. The predicted octanol–water partition coefficient (Wildman–Crippen LogP) is 2.95. The van der Waals surface area contributed by atoms with Gasteiger partial charge in [0.25, 0.3) is 11.6 Å². The SMILES string of the molecule is N#Cc1cn(C(=O)c2cc([N+](=O)[O-])ccc2N2CCOCC2)c2ccccc12. The van der Waals surface area contributed by atoms with Crippen LogP contribution >= 0.6 is 0 Å². The molecule has 0 bridgehead atoms. The number of carbonyl (C=O) groups excluding carboxylic acids is 1. The Morgan fingerprint density at radius 3 is 2.64 bits per heavy atom. The molecule has 3 aromatic rings. The van der Waals surface area contributed by atoms with Crippen molar-refractivity contribution in [1.29, 1.82) is 5.26 Å². The number of para-hydroxylation sites is 1. The molecule has 4 rings (SSSR count). The molecule has 0 atom stereocenters. The monoisotopic (exact) mass is 376 g/mol. The fourth-order valence-corrected chi connectivity index (χ4v) is 3.46. The van der Waals surface area contributed by atoms with Crippen LogP contribution in [0.25, 0.3) is 10.9 Å². The van der Waals surface area contributed by atoms with Crippen molar-refractivity contribution in [3.63, 3.8) is 0 Å². The molecule has 1 saturated heterocycles. The molecule has 8 heteroatoms. The Kier molecular flexibility index (Phi) is 4.51. The molecule has 140 valence electrons. The quantitative estimate of drug-likeness (QED) is 0.514. The van der Waals surface area contributed by atoms with Crippen LogP contribution in [0.4, 0.5) is 11.4 Å². The second-order valence-electron chi connectivity index (χ2n) is 6.40. The topological polar surface area (TPSA) is 101 Å². The lowest BCUT2D eigenvalue weighted by molar-refractivity contribution is -0.384. The second-order valence-corrected chi connectivity index (χ2v) is 6.40. The van der Waals surface area contributed by atoms with Crippen LogP contribution in [0.5, 0.6) is 0 Å². The number of anilines is 1. The fraction of sp³-hybridized carbons (Fsp3) is 0.200. The van der Waals surface area contributed by atoms with Gasteiger partial charge in [0.1, 0.15) is 6.07 Å². The number of nitro groups is 1. The Balaban J connectivity index is 1.88. The predicted molar refractivity (Wildman–Crippen MR) is 103 cm³/mol. The van der Waals surface area contributed by atoms with Gasteiger partial charge in [-0.25, -0.2) is 0 Å². The van der Waals surface area contributed by atoms with Crippen LogP contribution in [0, 0.1) is 21.4 Å². The van der Waals surface area contributed by atoms with Crippen molar-refractivity contribution in [3.8, 4) is 6.07 Å². The number of nitriles is 1. The Labute approximate surface area is 160 Å². The number of nitro benzene ring substituents is 1. The van der Waals surface area contributed by atoms with Crippen LogP contribution < -0.4 is 4.90 Å². The summed E-state index contributed by atoms with van der Waals surface area (Å²) in [5.74, 6) is -0.414. The van der Waals surface area contributed by atoms with E-state index in [4.69, 9.17) is 4.74 Å². The first kappa shape index (κ1) is 17.7. The van der Waals surface area contributed by atoms with Crippen LogP contribution in [0.2, 0.25) is 0 Å². The molecule has 0 N–H and O–H groups in total. The number of benzene rings is 2. The van der Waals surface area contributed by atoms with E-state index in [1.165, 1.54) is 22.9 Å². The maximum Gasteiger partial charge on any atom is 0.270 e. The van der Waals surface area contributed by atoms with Crippen molar-refractivity contribution in [3.05, 3.63) is 69.9 Å². The van der Waals surface area contributed by atoms with Crippen molar-refractivity contribution < 1.29 is 14.5 Å². The van der Waals surface area contributed by atoms with Crippen molar-refractivity contribution in [2.24, 2.45) is 0 Å². The van der Waals surface area contributed by atoms with Gasteiger partial charge in [0, 0.05) is 36.8 Å². The van der Waals surface area contributed by atoms with Gasteiger partial charge in [-0.15, -0.1) is 0 Å². The van der Waals surface area contributed by atoms with Gasteiger partial charge in [-0.05, 0) is 12.1 Å². The summed E-state index contributed by atoms with van der Waals surface area (Å²) in [6, 6.07) is 13.5. The molecular formula is C20H16N4O4. The van der Waals surface area contributed by atoms with Crippen molar-refractivity contribution in [1.82, 2.24) is 4.57 Å². The van der Waals surface area contributed by atoms with E-state index in [2.05, 4.69) is 6.07 Å². The van der Waals surface area contributed by atoms with Gasteiger partial charge >= 0.3 is 0 Å². The number of aromatic nitrogens is 1. The van der Waals surface area contributed by atoms with E-state index >= 15 is 0 Å². The van der Waals surface area contributed by atoms with E-state index in [0.717, 1.165) is 0 Å². The number of morpholine rings is 1. The highest BCUT2D eigenvalue weighted by Crippen LogP contribution is 2.29. The maximum absolute atomic E-state index is 13.4. The number of ether oxygens (including phenoxy) is 1. The minimum absolute atomic E-state index is 0.155. The Morgan fingerprint density at radius 2 is 1.93 bits per heavy atom. The lowest BCUT2D eigenvalue weighted by Crippen LogP contribution is -2.37. The van der Waals surface area contributed by atoms with Crippen LogP contribution in [-0.2, 0) is 4.74 Å². The zero-order chi connectivity index (χ0) is 19.7. The summed E-state index contributed by atoms with van der Waals surface area (Å²) in [5, 5.41) is 21.3. The van der Waals surface area contributed by atoms with Gasteiger partial charge in [-0.3, -0.25) is 19.5 Å². The summed E-state index contributed by atoms with van der Waals surface area (Å²) < 4.78 is 6.75. The minimum Gasteiger partial charge on any atom is -0.378 e. The maximum atomic E-state index is 13.4. The van der Waals surface area contributed by atoms with Gasteiger partial charge in [-0.2, -0.15) is 5.26 Å². The van der Waals surface area contributed by atoms with Crippen LogP contribution in [0.15, 0.2) is 48.7 Å². The second kappa shape index (κ2) is 7.13. The van der Waals surface area contributed by atoms with Gasteiger partial charge in [0.15, 0.2) is 0 Å². The molecular weight excluding hydrogens is 360 g/mol. The third-order valence-corrected chi connectivity index (χ3v) is 4.82. The van der Waals surface area contributed by atoms with Gasteiger partial charge in [0.05, 0.1) is 40.5 Å². The van der Waals surface area contributed by atoms with Crippen molar-refractivity contribution in [2.75, 3.05) is 31.2 Å². The molecule has 28 heavy (non-hydrogen) atoms. The summed E-state index contributed by atoms with van der Waals surface area (Å²) in [6.45, 7) is 2.23. The van der Waals surface area contributed by atoms with E-state index in [0.29, 0.717) is 48.5 Å². The molecule has 2 heterocycles. The van der Waals surface area contributed by atoms with E-state index in [9.17, 15) is 20.2 Å². The lowest BCUT2D eigenvalue weighted by Gasteiger charge is -2.30. The normalized spacial score (nSPS) is 14.0. The highest BCUT2D eigenvalue weighted by Gasteiger charge is 2.24. The van der Waals surface area contributed by atoms with Crippen LogP contribution in [0.3, 0.4) is 0 Å².